The third-order valence-corrected chi connectivity index (χ3v) is 7.10. The summed E-state index contributed by atoms with van der Waals surface area (Å²) in [7, 11) is -3.53. The number of carbonyl (C=O) groups is 2. The summed E-state index contributed by atoms with van der Waals surface area (Å²) in [6, 6.07) is 8.45. The SMILES string of the molecule is CCCCCC(C)NC(=O)CCC(=O)N1CCN(S(=O)(=O)c2ccccc2)CC1. The minimum atomic E-state index is -3.53. The standard InChI is InChI=1S/C21H33N3O4S/c1-3-4-6-9-18(2)22-20(25)12-13-21(26)23-14-16-24(17-15-23)29(27,28)19-10-7-5-8-11-19/h5,7-8,10-11,18H,3-4,6,9,12-17H2,1-2H3,(H,22,25). The van der Waals surface area contributed by atoms with Crippen molar-refractivity contribution in [3.63, 3.8) is 0 Å². The number of sulfonamides is 1. The largest absolute Gasteiger partial charge is 0.354 e. The van der Waals surface area contributed by atoms with E-state index in [1.165, 1.54) is 4.31 Å². The van der Waals surface area contributed by atoms with Crippen LogP contribution in [0.4, 0.5) is 0 Å². The summed E-state index contributed by atoms with van der Waals surface area (Å²) in [6.07, 6.45) is 4.66. The molecule has 1 aliphatic rings. The molecule has 2 rings (SSSR count). The Bertz CT molecular complexity index is 759. The molecule has 162 valence electrons. The fourth-order valence-electron chi connectivity index (χ4n) is 3.42. The molecule has 7 nitrogen and oxygen atoms in total. The Morgan fingerprint density at radius 3 is 2.31 bits per heavy atom. The lowest BCUT2D eigenvalue weighted by Gasteiger charge is -2.34. The monoisotopic (exact) mass is 423 g/mol. The molecule has 0 spiro atoms. The molecule has 0 aromatic heterocycles. The van der Waals surface area contributed by atoms with Crippen molar-refractivity contribution in [2.75, 3.05) is 26.2 Å². The van der Waals surface area contributed by atoms with Gasteiger partial charge in [0.15, 0.2) is 0 Å². The molecule has 1 aromatic rings. The van der Waals surface area contributed by atoms with E-state index in [1.54, 1.807) is 35.2 Å². The highest BCUT2D eigenvalue weighted by molar-refractivity contribution is 7.89. The van der Waals surface area contributed by atoms with E-state index in [0.29, 0.717) is 13.1 Å². The number of hydrogen-bond donors (Lipinski definition) is 1. The molecule has 0 aliphatic carbocycles. The van der Waals surface area contributed by atoms with E-state index in [9.17, 15) is 18.0 Å². The second-order valence-electron chi connectivity index (χ2n) is 7.56. The first-order valence-electron chi connectivity index (χ1n) is 10.5. The molecule has 0 saturated carbocycles. The highest BCUT2D eigenvalue weighted by Crippen LogP contribution is 2.17. The molecular formula is C21H33N3O4S. The van der Waals surface area contributed by atoms with Gasteiger partial charge in [-0.05, 0) is 25.5 Å². The number of nitrogens with one attached hydrogen (secondary N) is 1. The quantitative estimate of drug-likeness (QED) is 0.586. The van der Waals surface area contributed by atoms with Gasteiger partial charge < -0.3 is 10.2 Å². The molecule has 1 aromatic carbocycles. The van der Waals surface area contributed by atoms with Crippen LogP contribution in [0.15, 0.2) is 35.2 Å². The summed E-state index contributed by atoms with van der Waals surface area (Å²) in [5, 5.41) is 2.94. The maximum Gasteiger partial charge on any atom is 0.243 e. The number of carbonyl (C=O) groups excluding carboxylic acids is 2. The van der Waals surface area contributed by atoms with Crippen LogP contribution in [0.25, 0.3) is 0 Å². The van der Waals surface area contributed by atoms with Gasteiger partial charge in [-0.2, -0.15) is 4.31 Å². The summed E-state index contributed by atoms with van der Waals surface area (Å²) < 4.78 is 26.7. The van der Waals surface area contributed by atoms with Gasteiger partial charge in [-0.3, -0.25) is 9.59 Å². The van der Waals surface area contributed by atoms with Gasteiger partial charge >= 0.3 is 0 Å². The average Bonchev–Trinajstić information content (AvgIpc) is 2.73. The number of amides is 2. The van der Waals surface area contributed by atoms with Gasteiger partial charge in [0, 0.05) is 45.1 Å². The zero-order chi connectivity index (χ0) is 21.3. The second kappa shape index (κ2) is 11.3. The lowest BCUT2D eigenvalue weighted by molar-refractivity contribution is -0.134. The Hall–Kier alpha value is -1.93. The van der Waals surface area contributed by atoms with E-state index in [4.69, 9.17) is 0 Å². The van der Waals surface area contributed by atoms with E-state index in [0.717, 1.165) is 25.7 Å². The molecule has 1 saturated heterocycles. The van der Waals surface area contributed by atoms with Gasteiger partial charge in [-0.1, -0.05) is 44.4 Å². The maximum atomic E-state index is 12.6. The molecule has 0 bridgehead atoms. The van der Waals surface area contributed by atoms with Crippen LogP contribution >= 0.6 is 0 Å². The van der Waals surface area contributed by atoms with Crippen molar-refractivity contribution in [2.24, 2.45) is 0 Å². The van der Waals surface area contributed by atoms with Crippen LogP contribution in [0.3, 0.4) is 0 Å². The Labute approximate surface area is 174 Å². The fraction of sp³-hybridized carbons (Fsp3) is 0.619. The van der Waals surface area contributed by atoms with Crippen molar-refractivity contribution in [1.29, 1.82) is 0 Å². The molecule has 1 atom stereocenters. The molecular weight excluding hydrogens is 390 g/mol. The van der Waals surface area contributed by atoms with E-state index < -0.39 is 10.0 Å². The molecule has 1 fully saturated rings. The van der Waals surface area contributed by atoms with Crippen molar-refractivity contribution < 1.29 is 18.0 Å². The van der Waals surface area contributed by atoms with Crippen LogP contribution in [0.5, 0.6) is 0 Å². The average molecular weight is 424 g/mol. The van der Waals surface area contributed by atoms with Gasteiger partial charge in [0.1, 0.15) is 0 Å². The molecule has 1 aliphatic heterocycles. The van der Waals surface area contributed by atoms with Crippen molar-refractivity contribution in [2.45, 2.75) is 63.3 Å². The summed E-state index contributed by atoms with van der Waals surface area (Å²) in [4.78, 5) is 26.4. The molecule has 0 radical (unpaired) electrons. The van der Waals surface area contributed by atoms with Gasteiger partial charge in [0.05, 0.1) is 4.90 Å². The van der Waals surface area contributed by atoms with Crippen molar-refractivity contribution in [3.8, 4) is 0 Å². The Morgan fingerprint density at radius 1 is 1.03 bits per heavy atom. The van der Waals surface area contributed by atoms with Crippen molar-refractivity contribution in [3.05, 3.63) is 30.3 Å². The number of unbranched alkanes of at least 4 members (excludes halogenated alkanes) is 2. The first-order valence-corrected chi connectivity index (χ1v) is 11.9. The minimum absolute atomic E-state index is 0.101. The van der Waals surface area contributed by atoms with E-state index >= 15 is 0 Å². The number of hydrogen-bond acceptors (Lipinski definition) is 4. The molecule has 1 unspecified atom stereocenters. The van der Waals surface area contributed by atoms with E-state index in [2.05, 4.69) is 12.2 Å². The number of benzene rings is 1. The first-order chi connectivity index (χ1) is 13.8. The number of piperazine rings is 1. The summed E-state index contributed by atoms with van der Waals surface area (Å²) in [5.74, 6) is -0.205. The summed E-state index contributed by atoms with van der Waals surface area (Å²) >= 11 is 0. The third-order valence-electron chi connectivity index (χ3n) is 5.19. The molecule has 1 heterocycles. The zero-order valence-corrected chi connectivity index (χ0v) is 18.3. The predicted molar refractivity (Wildman–Crippen MR) is 113 cm³/mol. The third kappa shape index (κ3) is 7.12. The van der Waals surface area contributed by atoms with Crippen LogP contribution in [-0.2, 0) is 19.6 Å². The summed E-state index contributed by atoms with van der Waals surface area (Å²) in [6.45, 7) is 5.36. The summed E-state index contributed by atoms with van der Waals surface area (Å²) in [5.41, 5.74) is 0. The van der Waals surface area contributed by atoms with Gasteiger partial charge in [-0.25, -0.2) is 8.42 Å². The number of rotatable bonds is 10. The Balaban J connectivity index is 1.74. The minimum Gasteiger partial charge on any atom is -0.354 e. The second-order valence-corrected chi connectivity index (χ2v) is 9.50. The predicted octanol–water partition coefficient (Wildman–Crippen LogP) is 2.38. The molecule has 29 heavy (non-hydrogen) atoms. The molecule has 2 amide bonds. The Kier molecular flexibility index (Phi) is 9.10. The lowest BCUT2D eigenvalue weighted by atomic mass is 10.1. The highest BCUT2D eigenvalue weighted by Gasteiger charge is 2.29. The van der Waals surface area contributed by atoms with Crippen LogP contribution in [0, 0.1) is 0 Å². The normalized spacial score (nSPS) is 16.4. The Morgan fingerprint density at radius 2 is 1.69 bits per heavy atom. The van der Waals surface area contributed by atoms with Crippen LogP contribution in [-0.4, -0.2) is 61.7 Å². The van der Waals surface area contributed by atoms with Gasteiger partial charge in [0.2, 0.25) is 21.8 Å². The zero-order valence-electron chi connectivity index (χ0n) is 17.5. The first kappa shape index (κ1) is 23.3. The van der Waals surface area contributed by atoms with E-state index in [1.807, 2.05) is 6.92 Å². The van der Waals surface area contributed by atoms with Gasteiger partial charge in [0.25, 0.3) is 0 Å². The topological polar surface area (TPSA) is 86.8 Å². The van der Waals surface area contributed by atoms with Gasteiger partial charge in [-0.15, -0.1) is 0 Å². The van der Waals surface area contributed by atoms with Crippen LogP contribution in [0.1, 0.15) is 52.4 Å². The van der Waals surface area contributed by atoms with Crippen molar-refractivity contribution in [1.82, 2.24) is 14.5 Å². The smallest absolute Gasteiger partial charge is 0.243 e. The molecule has 8 heteroatoms. The molecule has 1 N–H and O–H groups in total. The maximum absolute atomic E-state index is 12.6. The van der Waals surface area contributed by atoms with Crippen LogP contribution < -0.4 is 5.32 Å². The van der Waals surface area contributed by atoms with Crippen LogP contribution in [0.2, 0.25) is 0 Å². The van der Waals surface area contributed by atoms with Crippen molar-refractivity contribution >= 4 is 21.8 Å². The number of nitrogens with zero attached hydrogens (tertiary/aromatic N) is 2. The lowest BCUT2D eigenvalue weighted by Crippen LogP contribution is -2.50. The fourth-order valence-corrected chi connectivity index (χ4v) is 4.86. The van der Waals surface area contributed by atoms with E-state index in [-0.39, 0.29) is 48.7 Å². The highest BCUT2D eigenvalue weighted by atomic mass is 32.2.